The summed E-state index contributed by atoms with van der Waals surface area (Å²) in [7, 11) is 0. The molecule has 0 heterocycles. The fourth-order valence-corrected chi connectivity index (χ4v) is 0. The van der Waals surface area contributed by atoms with Crippen LogP contribution in [0.3, 0.4) is 0 Å². The second-order valence-corrected chi connectivity index (χ2v) is 0.442. The molecule has 0 spiro atoms. The second kappa shape index (κ2) is 28.3. The third-order valence-corrected chi connectivity index (χ3v) is 0. The Morgan fingerprint density at radius 1 is 2.00 bits per heavy atom. The highest BCUT2D eigenvalue weighted by Crippen LogP contribution is 1.16. The lowest BCUT2D eigenvalue weighted by atomic mass is 11.5. The van der Waals surface area contributed by atoms with Crippen LogP contribution in [0.1, 0.15) is 0 Å². The molecule has 0 aromatic heterocycles. The van der Waals surface area contributed by atoms with Crippen molar-refractivity contribution in [1.82, 2.24) is 0 Å². The van der Waals surface area contributed by atoms with Gasteiger partial charge in [-0.3, -0.25) is 4.79 Å². The third-order valence-electron chi connectivity index (χ3n) is 0. The van der Waals surface area contributed by atoms with E-state index in [1.54, 1.807) is 5.16 Å². The van der Waals surface area contributed by atoms with Crippen molar-refractivity contribution in [2.45, 2.75) is 0 Å². The van der Waals surface area contributed by atoms with Crippen molar-refractivity contribution in [3.63, 3.8) is 0 Å². The summed E-state index contributed by atoms with van der Waals surface area (Å²) in [5, 5.41) is 7.36. The summed E-state index contributed by atoms with van der Waals surface area (Å²) in [5.41, 5.74) is 4.17. The molecule has 0 aliphatic heterocycles. The van der Waals surface area contributed by atoms with E-state index in [2.05, 4.69) is 18.0 Å². The molecule has 0 fully saturated rings. The van der Waals surface area contributed by atoms with Gasteiger partial charge in [0, 0.05) is 0 Å². The zero-order valence-electron chi connectivity index (χ0n) is 2.97. The molecule has 0 rings (SSSR count). The van der Waals surface area contributed by atoms with Gasteiger partial charge in [0.15, 0.2) is 0 Å². The van der Waals surface area contributed by atoms with Crippen LogP contribution < -0.4 is 5.73 Å². The van der Waals surface area contributed by atoms with Gasteiger partial charge in [0.1, 0.15) is 0 Å². The molecule has 0 radical (unpaired) electrons. The molecule has 4 heteroatoms. The molecule has 0 aliphatic carbocycles. The maximum Gasteiger partial charge on any atom is 0.204 e. The van der Waals surface area contributed by atoms with Gasteiger partial charge < -0.3 is 5.73 Å². The van der Waals surface area contributed by atoms with Crippen molar-refractivity contribution in [1.29, 1.82) is 5.41 Å². The minimum atomic E-state index is 0.250. The fraction of sp³-hybridized carbons (Fsp3) is 0. The van der Waals surface area contributed by atoms with Gasteiger partial charge in [-0.25, -0.2) is 5.41 Å². The summed E-state index contributed by atoms with van der Waals surface area (Å²) in [5.74, 6) is 0. The lowest BCUT2D eigenvalue weighted by molar-refractivity contribution is -0.106. The largest absolute Gasteiger partial charge is 0.372 e. The van der Waals surface area contributed by atoms with Gasteiger partial charge in [-0.05, 0) is 12.2 Å². The number of rotatable bonds is 0. The first kappa shape index (κ1) is 8.99. The fourth-order valence-electron chi connectivity index (χ4n) is 0. The van der Waals surface area contributed by atoms with Crippen molar-refractivity contribution in [2.24, 2.45) is 5.73 Å². The minimum Gasteiger partial charge on any atom is -0.372 e. The lowest BCUT2D eigenvalue weighted by Gasteiger charge is -1.32. The first-order valence-electron chi connectivity index (χ1n) is 1.02. The smallest absolute Gasteiger partial charge is 0.204 e. The predicted octanol–water partition coefficient (Wildman–Crippen LogP) is -0.231. The number of hydrogen-bond acceptors (Lipinski definition) is 3. The maximum atomic E-state index is 8.58. The third kappa shape index (κ3) is 31.6. The molecule has 34 valence electrons. The Labute approximate surface area is 40.7 Å². The summed E-state index contributed by atoms with van der Waals surface area (Å²) < 4.78 is 0. The number of primary amides is 1. The zero-order valence-corrected chi connectivity index (χ0v) is 3.79. The van der Waals surface area contributed by atoms with Crippen molar-refractivity contribution >= 4 is 23.8 Å². The van der Waals surface area contributed by atoms with Crippen LogP contribution in [-0.2, 0) is 4.79 Å². The predicted molar refractivity (Wildman–Crippen MR) is 25.6 cm³/mol. The van der Waals surface area contributed by atoms with Gasteiger partial charge in [-0.2, -0.15) is 0 Å². The van der Waals surface area contributed by atoms with E-state index in [0.717, 1.165) is 0 Å². The standard InChI is InChI=1S/CH3NO.CHNS/c2*2-1-3/h1H,(H2,2,3);2H. The van der Waals surface area contributed by atoms with Crippen LogP contribution in [-0.4, -0.2) is 11.6 Å². The van der Waals surface area contributed by atoms with Gasteiger partial charge in [0.2, 0.25) is 6.41 Å². The highest BCUT2D eigenvalue weighted by molar-refractivity contribution is 7.78. The van der Waals surface area contributed by atoms with Crippen LogP contribution in [0.2, 0.25) is 0 Å². The molecular formula is C2H4N2OS. The van der Waals surface area contributed by atoms with Crippen LogP contribution in [0, 0.1) is 5.41 Å². The van der Waals surface area contributed by atoms with Gasteiger partial charge in [0.25, 0.3) is 0 Å². The molecule has 6 heavy (non-hydrogen) atoms. The molecule has 0 saturated heterocycles. The summed E-state index contributed by atoms with van der Waals surface area (Å²) >= 11 is 3.81. The van der Waals surface area contributed by atoms with Crippen molar-refractivity contribution in [2.75, 3.05) is 0 Å². The second-order valence-electron chi connectivity index (χ2n) is 0.238. The Kier molecular flexibility index (Phi) is 42.4. The van der Waals surface area contributed by atoms with E-state index in [-0.39, 0.29) is 6.41 Å². The van der Waals surface area contributed by atoms with Crippen LogP contribution in [0.15, 0.2) is 0 Å². The van der Waals surface area contributed by atoms with Gasteiger partial charge in [-0.15, -0.1) is 0 Å². The Morgan fingerprint density at radius 2 is 2.00 bits per heavy atom. The quantitative estimate of drug-likeness (QED) is 0.253. The van der Waals surface area contributed by atoms with E-state index in [1.165, 1.54) is 0 Å². The van der Waals surface area contributed by atoms with E-state index in [9.17, 15) is 0 Å². The Morgan fingerprint density at radius 3 is 2.00 bits per heavy atom. The van der Waals surface area contributed by atoms with Crippen molar-refractivity contribution in [3.8, 4) is 0 Å². The molecule has 0 aliphatic rings. The number of thiocarbonyl (C=S) groups is 1. The summed E-state index contributed by atoms with van der Waals surface area (Å²) in [6, 6.07) is 0. The summed E-state index contributed by atoms with van der Waals surface area (Å²) in [6.07, 6.45) is 0.250. The van der Waals surface area contributed by atoms with Gasteiger partial charge >= 0.3 is 0 Å². The average Bonchev–Trinajstić information content (AvgIpc) is 1.39. The van der Waals surface area contributed by atoms with Gasteiger partial charge in [-0.1, -0.05) is 0 Å². The van der Waals surface area contributed by atoms with E-state index in [4.69, 9.17) is 10.2 Å². The van der Waals surface area contributed by atoms with Crippen LogP contribution in [0.5, 0.6) is 0 Å². The highest BCUT2D eigenvalue weighted by Gasteiger charge is 1.19. The van der Waals surface area contributed by atoms with E-state index in [1.807, 2.05) is 0 Å². The molecule has 3 N–H and O–H groups in total. The number of isothiocyanates is 1. The monoisotopic (exact) mass is 104 g/mol. The minimum absolute atomic E-state index is 0.250. The number of carbonyl (C=O) groups excluding carboxylic acids is 1. The average molecular weight is 104 g/mol. The number of carbonyl (C=O) groups is 1. The van der Waals surface area contributed by atoms with E-state index in [0.29, 0.717) is 0 Å². The summed E-state index contributed by atoms with van der Waals surface area (Å²) in [4.78, 5) is 8.58. The van der Waals surface area contributed by atoms with Crippen LogP contribution in [0.25, 0.3) is 0 Å². The van der Waals surface area contributed by atoms with Crippen molar-refractivity contribution in [3.05, 3.63) is 0 Å². The maximum absolute atomic E-state index is 8.58. The molecule has 0 bridgehead atoms. The molecular weight excluding hydrogens is 100 g/mol. The molecule has 0 aromatic rings. The van der Waals surface area contributed by atoms with Gasteiger partial charge in [0.05, 0.1) is 5.16 Å². The first-order valence-corrected chi connectivity index (χ1v) is 1.43. The Bertz CT molecular complexity index is 56.6. The molecule has 1 amide bonds. The number of amides is 1. The van der Waals surface area contributed by atoms with E-state index < -0.39 is 0 Å². The normalized spacial score (nSPS) is 3.33. The van der Waals surface area contributed by atoms with Crippen LogP contribution >= 0.6 is 12.2 Å². The number of nitrogens with one attached hydrogen (secondary N) is 1. The topological polar surface area (TPSA) is 66.9 Å². The molecule has 0 saturated carbocycles. The molecule has 0 atom stereocenters. The van der Waals surface area contributed by atoms with Crippen molar-refractivity contribution < 1.29 is 4.79 Å². The SMILES string of the molecule is N=C=S.NC=O. The number of hydrogen-bond donors (Lipinski definition) is 2. The number of nitrogens with two attached hydrogens (primary N) is 1. The van der Waals surface area contributed by atoms with Crippen LogP contribution in [0.4, 0.5) is 0 Å². The Hall–Kier alpha value is -0.730. The molecule has 3 nitrogen and oxygen atoms in total. The summed E-state index contributed by atoms with van der Waals surface area (Å²) in [6.45, 7) is 0. The zero-order chi connectivity index (χ0) is 5.41. The molecule has 0 unspecified atom stereocenters. The Balaban J connectivity index is 0. The lowest BCUT2D eigenvalue weighted by Crippen LogP contribution is -1.82. The highest BCUT2D eigenvalue weighted by atomic mass is 32.1. The van der Waals surface area contributed by atoms with E-state index >= 15 is 0 Å². The first-order chi connectivity index (χ1) is 2.83. The molecule has 0 aromatic carbocycles.